The van der Waals surface area contributed by atoms with Crippen LogP contribution in [0.15, 0.2) is 24.3 Å². The minimum atomic E-state index is -0.486. The van der Waals surface area contributed by atoms with Gasteiger partial charge in [-0.25, -0.2) is 0 Å². The van der Waals surface area contributed by atoms with Crippen LogP contribution in [0.1, 0.15) is 52.5 Å². The topological polar surface area (TPSA) is 90.7 Å². The van der Waals surface area contributed by atoms with Crippen molar-refractivity contribution in [2.24, 2.45) is 11.7 Å². The number of fused-ring (bicyclic) bond motifs is 1. The zero-order valence-electron chi connectivity index (χ0n) is 17.6. The number of benzene rings is 1. The Labute approximate surface area is 181 Å². The van der Waals surface area contributed by atoms with Gasteiger partial charge in [-0.1, -0.05) is 25.8 Å². The van der Waals surface area contributed by atoms with Crippen molar-refractivity contribution in [2.45, 2.75) is 39.0 Å². The number of thiophene rings is 1. The molecule has 1 aliphatic carbocycles. The first kappa shape index (κ1) is 21.9. The summed E-state index contributed by atoms with van der Waals surface area (Å²) in [6.45, 7) is 2.19. The number of methoxy groups -OCH3 is 2. The van der Waals surface area contributed by atoms with Gasteiger partial charge in [0.2, 0.25) is 5.91 Å². The van der Waals surface area contributed by atoms with Crippen LogP contribution in [0.4, 0.5) is 5.00 Å². The van der Waals surface area contributed by atoms with Gasteiger partial charge in [-0.2, -0.15) is 0 Å². The summed E-state index contributed by atoms with van der Waals surface area (Å²) in [6.07, 6.45) is 8.30. The Morgan fingerprint density at radius 2 is 2.03 bits per heavy atom. The van der Waals surface area contributed by atoms with Crippen molar-refractivity contribution in [3.8, 4) is 11.5 Å². The molecule has 1 aromatic heterocycles. The molecule has 30 heavy (non-hydrogen) atoms. The van der Waals surface area contributed by atoms with Crippen LogP contribution < -0.4 is 20.5 Å². The van der Waals surface area contributed by atoms with E-state index in [9.17, 15) is 9.59 Å². The van der Waals surface area contributed by atoms with Crippen LogP contribution in [0.3, 0.4) is 0 Å². The molecule has 3 N–H and O–H groups in total. The van der Waals surface area contributed by atoms with E-state index in [4.69, 9.17) is 15.2 Å². The SMILES string of the molecule is CCCC1CCc2c(sc(NC(=O)/C=C/c3ccc(OC)c(OC)c3)c2C(N)=O)C1. The molecule has 2 amide bonds. The summed E-state index contributed by atoms with van der Waals surface area (Å²) in [7, 11) is 3.13. The van der Waals surface area contributed by atoms with Gasteiger partial charge in [0.25, 0.3) is 5.91 Å². The molecule has 0 bridgehead atoms. The van der Waals surface area contributed by atoms with Crippen molar-refractivity contribution in [3.63, 3.8) is 0 Å². The van der Waals surface area contributed by atoms with Crippen LogP contribution in [-0.2, 0) is 17.6 Å². The Balaban J connectivity index is 1.77. The first-order chi connectivity index (χ1) is 14.5. The molecule has 1 atom stereocenters. The Morgan fingerprint density at radius 3 is 2.70 bits per heavy atom. The largest absolute Gasteiger partial charge is 0.493 e. The lowest BCUT2D eigenvalue weighted by Crippen LogP contribution is -2.19. The van der Waals surface area contributed by atoms with E-state index in [1.54, 1.807) is 32.4 Å². The Morgan fingerprint density at radius 1 is 1.27 bits per heavy atom. The Hall–Kier alpha value is -2.80. The first-order valence-corrected chi connectivity index (χ1v) is 10.9. The highest BCUT2D eigenvalue weighted by atomic mass is 32.1. The lowest BCUT2D eigenvalue weighted by atomic mass is 9.84. The fraction of sp³-hybridized carbons (Fsp3) is 0.391. The van der Waals surface area contributed by atoms with Crippen molar-refractivity contribution >= 4 is 34.2 Å². The number of nitrogens with one attached hydrogen (secondary N) is 1. The fourth-order valence-electron chi connectivity index (χ4n) is 3.94. The summed E-state index contributed by atoms with van der Waals surface area (Å²) in [5.41, 5.74) is 7.93. The van der Waals surface area contributed by atoms with Crippen molar-refractivity contribution in [3.05, 3.63) is 45.8 Å². The number of rotatable bonds is 8. The van der Waals surface area contributed by atoms with E-state index in [1.807, 2.05) is 6.07 Å². The summed E-state index contributed by atoms with van der Waals surface area (Å²) in [6, 6.07) is 5.40. The molecule has 2 aromatic rings. The molecule has 0 aliphatic heterocycles. The molecule has 0 saturated heterocycles. The zero-order valence-corrected chi connectivity index (χ0v) is 18.4. The van der Waals surface area contributed by atoms with E-state index < -0.39 is 5.91 Å². The second-order valence-electron chi connectivity index (χ2n) is 7.41. The average molecular weight is 429 g/mol. The van der Waals surface area contributed by atoms with E-state index in [0.717, 1.165) is 36.8 Å². The highest BCUT2D eigenvalue weighted by Gasteiger charge is 2.28. The summed E-state index contributed by atoms with van der Waals surface area (Å²) in [4.78, 5) is 25.8. The lowest BCUT2D eigenvalue weighted by Gasteiger charge is -2.21. The maximum atomic E-state index is 12.5. The third kappa shape index (κ3) is 4.84. The van der Waals surface area contributed by atoms with Gasteiger partial charge in [-0.3, -0.25) is 9.59 Å². The van der Waals surface area contributed by atoms with Gasteiger partial charge < -0.3 is 20.5 Å². The lowest BCUT2D eigenvalue weighted by molar-refractivity contribution is -0.111. The molecule has 1 unspecified atom stereocenters. The molecule has 0 saturated carbocycles. The van der Waals surface area contributed by atoms with Gasteiger partial charge in [0, 0.05) is 11.0 Å². The highest BCUT2D eigenvalue weighted by molar-refractivity contribution is 7.17. The molecule has 160 valence electrons. The molecule has 0 radical (unpaired) electrons. The van der Waals surface area contributed by atoms with E-state index >= 15 is 0 Å². The van der Waals surface area contributed by atoms with Crippen molar-refractivity contribution in [1.29, 1.82) is 0 Å². The number of anilines is 1. The number of ether oxygens (including phenoxy) is 2. The number of hydrogen-bond acceptors (Lipinski definition) is 5. The van der Waals surface area contributed by atoms with Crippen LogP contribution in [-0.4, -0.2) is 26.0 Å². The maximum Gasteiger partial charge on any atom is 0.251 e. The second kappa shape index (κ2) is 9.80. The Kier molecular flexibility index (Phi) is 7.15. The van der Waals surface area contributed by atoms with Gasteiger partial charge in [0.1, 0.15) is 5.00 Å². The van der Waals surface area contributed by atoms with E-state index in [2.05, 4.69) is 12.2 Å². The van der Waals surface area contributed by atoms with Gasteiger partial charge in [0.05, 0.1) is 19.8 Å². The van der Waals surface area contributed by atoms with Crippen molar-refractivity contribution in [2.75, 3.05) is 19.5 Å². The molecule has 0 spiro atoms. The second-order valence-corrected chi connectivity index (χ2v) is 8.51. The van der Waals surface area contributed by atoms with Crippen LogP contribution in [0.2, 0.25) is 0 Å². The average Bonchev–Trinajstić information content (AvgIpc) is 3.09. The van der Waals surface area contributed by atoms with Gasteiger partial charge in [-0.05, 0) is 54.5 Å². The van der Waals surface area contributed by atoms with Gasteiger partial charge in [-0.15, -0.1) is 11.3 Å². The standard InChI is InChI=1S/C23H28N2O4S/c1-4-5-14-6-9-16-19(13-14)30-23(21(16)22(24)27)25-20(26)11-8-15-7-10-17(28-2)18(12-15)29-3/h7-8,10-12,14H,4-6,9,13H2,1-3H3,(H2,24,27)(H,25,26)/b11-8+. The van der Waals surface area contributed by atoms with E-state index in [-0.39, 0.29) is 5.91 Å². The summed E-state index contributed by atoms with van der Waals surface area (Å²) in [5, 5.41) is 3.40. The predicted octanol–water partition coefficient (Wildman–Crippen LogP) is 4.42. The molecule has 0 fully saturated rings. The molecular weight excluding hydrogens is 400 g/mol. The smallest absolute Gasteiger partial charge is 0.251 e. The quantitative estimate of drug-likeness (QED) is 0.609. The number of carbonyl (C=O) groups excluding carboxylic acids is 2. The number of nitrogens with two attached hydrogens (primary N) is 1. The monoisotopic (exact) mass is 428 g/mol. The molecule has 7 heteroatoms. The van der Waals surface area contributed by atoms with Gasteiger partial charge >= 0.3 is 0 Å². The number of carbonyl (C=O) groups is 2. The van der Waals surface area contributed by atoms with Gasteiger partial charge in [0.15, 0.2) is 11.5 Å². The number of hydrogen-bond donors (Lipinski definition) is 2. The fourth-order valence-corrected chi connectivity index (χ4v) is 5.31. The maximum absolute atomic E-state index is 12.5. The van der Waals surface area contributed by atoms with Crippen LogP contribution >= 0.6 is 11.3 Å². The Bertz CT molecular complexity index is 964. The zero-order chi connectivity index (χ0) is 21.7. The highest BCUT2D eigenvalue weighted by Crippen LogP contribution is 2.40. The third-order valence-corrected chi connectivity index (χ3v) is 6.55. The van der Waals surface area contributed by atoms with Crippen LogP contribution in [0, 0.1) is 5.92 Å². The minimum absolute atomic E-state index is 0.309. The van der Waals surface area contributed by atoms with E-state index in [0.29, 0.717) is 28.0 Å². The molecular formula is C23H28N2O4S. The number of primary amides is 1. The molecule has 1 aliphatic rings. The van der Waals surface area contributed by atoms with Crippen molar-refractivity contribution < 1.29 is 19.1 Å². The molecule has 3 rings (SSSR count). The first-order valence-electron chi connectivity index (χ1n) is 10.1. The minimum Gasteiger partial charge on any atom is -0.493 e. The molecule has 1 heterocycles. The summed E-state index contributed by atoms with van der Waals surface area (Å²) >= 11 is 1.48. The summed E-state index contributed by atoms with van der Waals surface area (Å²) < 4.78 is 10.5. The van der Waals surface area contributed by atoms with Crippen LogP contribution in [0.25, 0.3) is 6.08 Å². The van der Waals surface area contributed by atoms with E-state index in [1.165, 1.54) is 28.7 Å². The predicted molar refractivity (Wildman–Crippen MR) is 120 cm³/mol. The normalized spacial score (nSPS) is 15.6. The molecule has 1 aromatic carbocycles. The van der Waals surface area contributed by atoms with Crippen LogP contribution in [0.5, 0.6) is 11.5 Å². The third-order valence-electron chi connectivity index (χ3n) is 5.38. The molecule has 6 nitrogen and oxygen atoms in total. The number of amides is 2. The summed E-state index contributed by atoms with van der Waals surface area (Å²) in [5.74, 6) is 1.05. The van der Waals surface area contributed by atoms with Crippen molar-refractivity contribution in [1.82, 2.24) is 0 Å².